The van der Waals surface area contributed by atoms with E-state index in [1.165, 1.54) is 12.1 Å². The second-order valence-corrected chi connectivity index (χ2v) is 7.45. The second kappa shape index (κ2) is 8.82. The quantitative estimate of drug-likeness (QED) is 0.263. The Labute approximate surface area is 186 Å². The van der Waals surface area contributed by atoms with Gasteiger partial charge in [0, 0.05) is 16.7 Å². The minimum atomic E-state index is -5.02. The molecule has 0 amide bonds. The molecule has 0 aliphatic rings. The highest BCUT2D eigenvalue weighted by molar-refractivity contribution is 6.09. The first kappa shape index (κ1) is 22.1. The van der Waals surface area contributed by atoms with Crippen LogP contribution in [0.1, 0.15) is 22.3 Å². The van der Waals surface area contributed by atoms with Crippen molar-refractivity contribution in [1.82, 2.24) is 10.2 Å². The molecule has 0 aliphatic heterocycles. The van der Waals surface area contributed by atoms with Crippen molar-refractivity contribution in [2.45, 2.75) is 19.5 Å². The number of benzene rings is 3. The third-order valence-electron chi connectivity index (χ3n) is 5.03. The minimum Gasteiger partial charge on any atom is -0.416 e. The summed E-state index contributed by atoms with van der Waals surface area (Å²) in [5, 5.41) is 8.19. The largest absolute Gasteiger partial charge is 0.450 e. The molecule has 4 aromatic rings. The Morgan fingerprint density at radius 2 is 1.15 bits per heavy atom. The molecule has 0 atom stereocenters. The standard InChI is InChI=1S/C25H17F3N2O3/c1-15-2-4-19(5-3-15)23-29-30-24(33-23)20-12-8-17(9-13-20)16-6-10-18(11-7-16)21(31)14-22(32)25(26,27)28/h2-13H,14H2,1H3. The Kier molecular flexibility index (Phi) is 5.91. The summed E-state index contributed by atoms with van der Waals surface area (Å²) >= 11 is 0. The predicted octanol–water partition coefficient (Wildman–Crippen LogP) is 6.08. The number of aromatic nitrogens is 2. The van der Waals surface area contributed by atoms with Gasteiger partial charge in [-0.05, 0) is 42.3 Å². The van der Waals surface area contributed by atoms with Gasteiger partial charge in [0.05, 0.1) is 6.42 Å². The van der Waals surface area contributed by atoms with Gasteiger partial charge in [0.25, 0.3) is 0 Å². The monoisotopic (exact) mass is 450 g/mol. The van der Waals surface area contributed by atoms with Crippen molar-refractivity contribution in [2.75, 3.05) is 0 Å². The molecule has 4 rings (SSSR count). The topological polar surface area (TPSA) is 73.1 Å². The van der Waals surface area contributed by atoms with E-state index in [0.29, 0.717) is 11.8 Å². The number of halogens is 3. The van der Waals surface area contributed by atoms with Crippen LogP contribution >= 0.6 is 0 Å². The highest BCUT2D eigenvalue weighted by atomic mass is 19.4. The van der Waals surface area contributed by atoms with E-state index < -0.39 is 24.2 Å². The highest BCUT2D eigenvalue weighted by Gasteiger charge is 2.39. The number of alkyl halides is 3. The number of carbonyl (C=O) groups is 2. The number of Topliss-reactive ketones (excluding diaryl/α,β-unsaturated/α-hetero) is 2. The molecule has 0 radical (unpaired) electrons. The molecule has 8 heteroatoms. The first-order valence-corrected chi connectivity index (χ1v) is 9.95. The molecular formula is C25H17F3N2O3. The number of hydrogen-bond acceptors (Lipinski definition) is 5. The molecule has 33 heavy (non-hydrogen) atoms. The lowest BCUT2D eigenvalue weighted by Gasteiger charge is -2.06. The molecule has 0 aliphatic carbocycles. The zero-order valence-corrected chi connectivity index (χ0v) is 17.4. The van der Waals surface area contributed by atoms with Crippen molar-refractivity contribution in [3.63, 3.8) is 0 Å². The van der Waals surface area contributed by atoms with Crippen LogP contribution in [-0.4, -0.2) is 27.9 Å². The fraction of sp³-hybridized carbons (Fsp3) is 0.120. The van der Waals surface area contributed by atoms with Crippen molar-refractivity contribution in [3.05, 3.63) is 83.9 Å². The summed E-state index contributed by atoms with van der Waals surface area (Å²) in [4.78, 5) is 22.9. The van der Waals surface area contributed by atoms with Crippen LogP contribution in [0.15, 0.2) is 77.2 Å². The van der Waals surface area contributed by atoms with Gasteiger partial charge in [0.2, 0.25) is 17.6 Å². The van der Waals surface area contributed by atoms with Gasteiger partial charge in [-0.25, -0.2) is 0 Å². The first-order valence-electron chi connectivity index (χ1n) is 9.95. The van der Waals surface area contributed by atoms with Gasteiger partial charge in [-0.15, -0.1) is 10.2 Å². The Bertz CT molecular complexity index is 1290. The molecule has 0 spiro atoms. The van der Waals surface area contributed by atoms with Crippen LogP contribution in [-0.2, 0) is 4.79 Å². The van der Waals surface area contributed by atoms with Gasteiger partial charge in [-0.2, -0.15) is 13.2 Å². The lowest BCUT2D eigenvalue weighted by Crippen LogP contribution is -2.25. The van der Waals surface area contributed by atoms with E-state index in [-0.39, 0.29) is 5.56 Å². The average Bonchev–Trinajstić information content (AvgIpc) is 3.29. The molecule has 0 N–H and O–H groups in total. The summed E-state index contributed by atoms with van der Waals surface area (Å²) in [5.74, 6) is -2.15. The van der Waals surface area contributed by atoms with E-state index in [4.69, 9.17) is 4.42 Å². The highest BCUT2D eigenvalue weighted by Crippen LogP contribution is 2.27. The number of aryl methyl sites for hydroxylation is 1. The summed E-state index contributed by atoms with van der Waals surface area (Å²) in [6.45, 7) is 1.99. The van der Waals surface area contributed by atoms with E-state index in [0.717, 1.165) is 27.8 Å². The minimum absolute atomic E-state index is 0.0439. The molecule has 0 unspecified atom stereocenters. The zero-order chi connectivity index (χ0) is 23.6. The number of nitrogens with zero attached hydrogens (tertiary/aromatic N) is 2. The fourth-order valence-electron chi connectivity index (χ4n) is 3.15. The maximum Gasteiger partial charge on any atom is 0.450 e. The average molecular weight is 450 g/mol. The van der Waals surface area contributed by atoms with Crippen LogP contribution in [0.25, 0.3) is 34.0 Å². The molecule has 1 aromatic heterocycles. The van der Waals surface area contributed by atoms with Gasteiger partial charge in [0.1, 0.15) is 0 Å². The maximum atomic E-state index is 12.4. The van der Waals surface area contributed by atoms with E-state index >= 15 is 0 Å². The summed E-state index contributed by atoms with van der Waals surface area (Å²) in [5.41, 5.74) is 4.29. The van der Waals surface area contributed by atoms with Crippen LogP contribution in [0.4, 0.5) is 13.2 Å². The fourth-order valence-corrected chi connectivity index (χ4v) is 3.15. The van der Waals surface area contributed by atoms with Crippen LogP contribution in [0.2, 0.25) is 0 Å². The van der Waals surface area contributed by atoms with Crippen molar-refractivity contribution in [3.8, 4) is 34.0 Å². The zero-order valence-electron chi connectivity index (χ0n) is 17.4. The maximum absolute atomic E-state index is 12.4. The van der Waals surface area contributed by atoms with Crippen LogP contribution < -0.4 is 0 Å². The van der Waals surface area contributed by atoms with Crippen LogP contribution in [0.5, 0.6) is 0 Å². The van der Waals surface area contributed by atoms with E-state index in [1.807, 2.05) is 55.5 Å². The Hall–Kier alpha value is -4.07. The Balaban J connectivity index is 1.47. The van der Waals surface area contributed by atoms with Crippen molar-refractivity contribution in [2.24, 2.45) is 0 Å². The molecule has 5 nitrogen and oxygen atoms in total. The number of hydrogen-bond donors (Lipinski definition) is 0. The molecule has 166 valence electrons. The van der Waals surface area contributed by atoms with Crippen molar-refractivity contribution < 1.29 is 27.2 Å². The van der Waals surface area contributed by atoms with E-state index in [2.05, 4.69) is 10.2 Å². The molecule has 3 aromatic carbocycles. The molecule has 1 heterocycles. The summed E-state index contributed by atoms with van der Waals surface area (Å²) in [6, 6.07) is 21.0. The SMILES string of the molecule is Cc1ccc(-c2nnc(-c3ccc(-c4ccc(C(=O)CC(=O)C(F)(F)F)cc4)cc3)o2)cc1. The first-order chi connectivity index (χ1) is 15.7. The number of ketones is 2. The smallest absolute Gasteiger partial charge is 0.416 e. The van der Waals surface area contributed by atoms with Gasteiger partial charge >= 0.3 is 6.18 Å². The normalized spacial score (nSPS) is 11.4. The molecule has 0 fully saturated rings. The third kappa shape index (κ3) is 5.06. The van der Waals surface area contributed by atoms with E-state index in [9.17, 15) is 22.8 Å². The van der Waals surface area contributed by atoms with E-state index in [1.54, 1.807) is 12.1 Å². The van der Waals surface area contributed by atoms with Crippen molar-refractivity contribution >= 4 is 11.6 Å². The Morgan fingerprint density at radius 1 is 0.727 bits per heavy atom. The molecule has 0 saturated carbocycles. The van der Waals surface area contributed by atoms with Crippen molar-refractivity contribution in [1.29, 1.82) is 0 Å². The van der Waals surface area contributed by atoms with Crippen LogP contribution in [0, 0.1) is 6.92 Å². The number of carbonyl (C=O) groups excluding carboxylic acids is 2. The lowest BCUT2D eigenvalue weighted by molar-refractivity contribution is -0.170. The molecular weight excluding hydrogens is 433 g/mol. The molecule has 0 bridgehead atoms. The second-order valence-electron chi connectivity index (χ2n) is 7.45. The van der Waals surface area contributed by atoms with Gasteiger partial charge in [-0.1, -0.05) is 54.1 Å². The number of rotatable bonds is 6. The third-order valence-corrected chi connectivity index (χ3v) is 5.03. The Morgan fingerprint density at radius 3 is 1.64 bits per heavy atom. The summed E-state index contributed by atoms with van der Waals surface area (Å²) in [6.07, 6.45) is -6.22. The van der Waals surface area contributed by atoms with Gasteiger partial charge in [-0.3, -0.25) is 9.59 Å². The molecule has 0 saturated heterocycles. The predicted molar refractivity (Wildman–Crippen MR) is 115 cm³/mol. The van der Waals surface area contributed by atoms with Gasteiger partial charge in [0.15, 0.2) is 5.78 Å². The summed E-state index contributed by atoms with van der Waals surface area (Å²) < 4.78 is 42.8. The van der Waals surface area contributed by atoms with Gasteiger partial charge < -0.3 is 4.42 Å². The summed E-state index contributed by atoms with van der Waals surface area (Å²) in [7, 11) is 0. The lowest BCUT2D eigenvalue weighted by atomic mass is 10.00. The van der Waals surface area contributed by atoms with Crippen LogP contribution in [0.3, 0.4) is 0 Å².